The molecule has 2 aromatic rings. The summed E-state index contributed by atoms with van der Waals surface area (Å²) < 4.78 is 1.34. The van der Waals surface area contributed by atoms with Gasteiger partial charge in [-0.15, -0.1) is 11.6 Å². The molecule has 0 aliphatic rings. The molecule has 0 spiro atoms. The van der Waals surface area contributed by atoms with Crippen LogP contribution in [-0.4, -0.2) is 15.5 Å². The third kappa shape index (κ3) is 2.78. The van der Waals surface area contributed by atoms with Crippen LogP contribution in [0.3, 0.4) is 0 Å². The van der Waals surface area contributed by atoms with Crippen molar-refractivity contribution in [3.63, 3.8) is 0 Å². The lowest BCUT2D eigenvalue weighted by Crippen LogP contribution is -2.39. The molecule has 0 saturated heterocycles. The van der Waals surface area contributed by atoms with E-state index < -0.39 is 17.3 Å². The molecule has 1 aromatic carbocycles. The smallest absolute Gasteiger partial charge is 0.262 e. The molecule has 2 unspecified atom stereocenters. The summed E-state index contributed by atoms with van der Waals surface area (Å²) >= 11 is 6.16. The van der Waals surface area contributed by atoms with Crippen LogP contribution in [-0.2, 0) is 4.79 Å². The fourth-order valence-corrected chi connectivity index (χ4v) is 2.62. The number of aromatic nitrogens is 2. The number of amides is 1. The number of rotatable bonds is 4. The zero-order valence-corrected chi connectivity index (χ0v) is 13.0. The highest BCUT2D eigenvalue weighted by molar-refractivity contribution is 6.20. The molecule has 21 heavy (non-hydrogen) atoms. The highest BCUT2D eigenvalue weighted by Gasteiger charge is 2.28. The van der Waals surface area contributed by atoms with E-state index >= 15 is 0 Å². The lowest BCUT2D eigenvalue weighted by molar-refractivity contribution is -0.122. The molecule has 0 fully saturated rings. The zero-order valence-electron chi connectivity index (χ0n) is 12.2. The van der Waals surface area contributed by atoms with Gasteiger partial charge in [0.05, 0.1) is 16.3 Å². The first-order valence-electron chi connectivity index (χ1n) is 6.79. The molecule has 5 nitrogen and oxygen atoms in total. The van der Waals surface area contributed by atoms with E-state index in [4.69, 9.17) is 17.3 Å². The maximum Gasteiger partial charge on any atom is 0.262 e. The van der Waals surface area contributed by atoms with Crippen LogP contribution in [0.2, 0.25) is 0 Å². The Morgan fingerprint density at radius 1 is 1.29 bits per heavy atom. The van der Waals surface area contributed by atoms with Gasteiger partial charge in [-0.05, 0) is 25.0 Å². The molecule has 0 aliphatic heterocycles. The maximum absolute atomic E-state index is 12.8. The number of nitrogens with two attached hydrogens (primary N) is 1. The van der Waals surface area contributed by atoms with Gasteiger partial charge < -0.3 is 5.73 Å². The Bertz CT molecular complexity index is 737. The minimum atomic E-state index is -0.772. The molecule has 6 heteroatoms. The molecule has 2 atom stereocenters. The summed E-state index contributed by atoms with van der Waals surface area (Å²) in [5.74, 6) is -0.349. The van der Waals surface area contributed by atoms with Crippen LogP contribution in [0.1, 0.15) is 38.0 Å². The molecule has 112 valence electrons. The minimum Gasteiger partial charge on any atom is -0.368 e. The summed E-state index contributed by atoms with van der Waals surface area (Å²) in [4.78, 5) is 29.0. The predicted octanol–water partition coefficient (Wildman–Crippen LogP) is 2.38. The number of para-hydroxylation sites is 1. The zero-order chi connectivity index (χ0) is 15.7. The van der Waals surface area contributed by atoms with Crippen LogP contribution in [0.4, 0.5) is 0 Å². The summed E-state index contributed by atoms with van der Waals surface area (Å²) in [5, 5.41) is -0.0617. The Balaban J connectivity index is 2.88. The first-order chi connectivity index (χ1) is 9.84. The summed E-state index contributed by atoms with van der Waals surface area (Å²) in [6.45, 7) is 5.38. The minimum absolute atomic E-state index is 0.141. The van der Waals surface area contributed by atoms with Gasteiger partial charge in [-0.1, -0.05) is 26.0 Å². The number of carbonyl (C=O) groups excluding carboxylic acids is 1. The number of halogens is 1. The molecular formula is C15H18ClN3O2. The van der Waals surface area contributed by atoms with Crippen molar-refractivity contribution in [1.29, 1.82) is 0 Å². The van der Waals surface area contributed by atoms with Gasteiger partial charge in [0.2, 0.25) is 5.91 Å². The lowest BCUT2D eigenvalue weighted by Gasteiger charge is -2.24. The number of benzene rings is 1. The highest BCUT2D eigenvalue weighted by atomic mass is 35.5. The second-order valence-electron chi connectivity index (χ2n) is 5.37. The van der Waals surface area contributed by atoms with Crippen LogP contribution < -0.4 is 11.3 Å². The van der Waals surface area contributed by atoms with E-state index in [9.17, 15) is 9.59 Å². The molecule has 2 N–H and O–H groups in total. The first kappa shape index (κ1) is 15.5. The molecule has 0 radical (unpaired) electrons. The van der Waals surface area contributed by atoms with E-state index in [1.54, 1.807) is 31.2 Å². The second kappa shape index (κ2) is 5.85. The van der Waals surface area contributed by atoms with Gasteiger partial charge in [-0.25, -0.2) is 4.98 Å². The quantitative estimate of drug-likeness (QED) is 0.881. The van der Waals surface area contributed by atoms with Gasteiger partial charge in [-0.2, -0.15) is 0 Å². The fraction of sp³-hybridized carbons (Fsp3) is 0.400. The number of primary amides is 1. The van der Waals surface area contributed by atoms with Crippen LogP contribution in [0, 0.1) is 5.92 Å². The van der Waals surface area contributed by atoms with Crippen molar-refractivity contribution in [2.75, 3.05) is 0 Å². The van der Waals surface area contributed by atoms with E-state index in [0.717, 1.165) is 0 Å². The molecule has 1 heterocycles. The molecule has 1 aromatic heterocycles. The molecule has 0 bridgehead atoms. The Kier molecular flexibility index (Phi) is 4.32. The maximum atomic E-state index is 12.8. The van der Waals surface area contributed by atoms with Crippen LogP contribution in [0.15, 0.2) is 29.1 Å². The van der Waals surface area contributed by atoms with Gasteiger partial charge in [0.1, 0.15) is 11.9 Å². The van der Waals surface area contributed by atoms with Gasteiger partial charge in [-0.3, -0.25) is 14.2 Å². The molecule has 0 aliphatic carbocycles. The molecule has 1 amide bonds. The molecule has 0 saturated carbocycles. The van der Waals surface area contributed by atoms with Crippen LogP contribution in [0.25, 0.3) is 10.9 Å². The monoisotopic (exact) mass is 307 g/mol. The third-order valence-electron chi connectivity index (χ3n) is 3.39. The summed E-state index contributed by atoms with van der Waals surface area (Å²) in [7, 11) is 0. The van der Waals surface area contributed by atoms with Crippen LogP contribution in [0.5, 0.6) is 0 Å². The van der Waals surface area contributed by atoms with Gasteiger partial charge in [0.15, 0.2) is 0 Å². The second-order valence-corrected chi connectivity index (χ2v) is 6.02. The number of carbonyl (C=O) groups is 1. The third-order valence-corrected chi connectivity index (χ3v) is 3.59. The fourth-order valence-electron chi connectivity index (χ4n) is 2.47. The Morgan fingerprint density at radius 2 is 1.90 bits per heavy atom. The summed E-state index contributed by atoms with van der Waals surface area (Å²) in [6, 6.07) is 6.22. The van der Waals surface area contributed by atoms with Crippen molar-refractivity contribution in [1.82, 2.24) is 9.55 Å². The molecule has 2 rings (SSSR count). The SMILES string of the molecule is CC(Cl)c1nc2ccccc2c(=O)n1C(C(N)=O)C(C)C. The van der Waals surface area contributed by atoms with Crippen molar-refractivity contribution in [3.05, 3.63) is 40.4 Å². The number of hydrogen-bond donors (Lipinski definition) is 1. The molecular weight excluding hydrogens is 290 g/mol. The van der Waals surface area contributed by atoms with E-state index in [1.165, 1.54) is 4.57 Å². The highest BCUT2D eigenvalue weighted by Crippen LogP contribution is 2.25. The Hall–Kier alpha value is -1.88. The largest absolute Gasteiger partial charge is 0.368 e. The standard InChI is InChI=1S/C15H18ClN3O2/c1-8(2)12(13(17)20)19-14(9(3)16)18-11-7-5-4-6-10(11)15(19)21/h4-9,12H,1-3H3,(H2,17,20). The number of nitrogens with zero attached hydrogens (tertiary/aromatic N) is 2. The normalized spacial score (nSPS) is 14.3. The Morgan fingerprint density at radius 3 is 2.43 bits per heavy atom. The number of hydrogen-bond acceptors (Lipinski definition) is 3. The Labute approximate surface area is 127 Å². The number of fused-ring (bicyclic) bond motifs is 1. The predicted molar refractivity (Wildman–Crippen MR) is 83.3 cm³/mol. The van der Waals surface area contributed by atoms with Crippen molar-refractivity contribution in [3.8, 4) is 0 Å². The van der Waals surface area contributed by atoms with Crippen molar-refractivity contribution in [2.45, 2.75) is 32.2 Å². The van der Waals surface area contributed by atoms with E-state index in [1.807, 2.05) is 13.8 Å². The van der Waals surface area contributed by atoms with Gasteiger partial charge in [0, 0.05) is 0 Å². The first-order valence-corrected chi connectivity index (χ1v) is 7.22. The van der Waals surface area contributed by atoms with E-state index in [2.05, 4.69) is 4.98 Å². The van der Waals surface area contributed by atoms with Crippen molar-refractivity contribution >= 4 is 28.4 Å². The average Bonchev–Trinajstić information content (AvgIpc) is 2.40. The van der Waals surface area contributed by atoms with Gasteiger partial charge in [0.25, 0.3) is 5.56 Å². The van der Waals surface area contributed by atoms with Crippen LogP contribution >= 0.6 is 11.6 Å². The van der Waals surface area contributed by atoms with E-state index in [0.29, 0.717) is 16.7 Å². The number of alkyl halides is 1. The summed E-state index contributed by atoms with van der Waals surface area (Å²) in [6.07, 6.45) is 0. The van der Waals surface area contributed by atoms with Crippen molar-refractivity contribution < 1.29 is 4.79 Å². The van der Waals surface area contributed by atoms with Crippen molar-refractivity contribution in [2.24, 2.45) is 11.7 Å². The van der Waals surface area contributed by atoms with E-state index in [-0.39, 0.29) is 11.5 Å². The topological polar surface area (TPSA) is 78.0 Å². The lowest BCUT2D eigenvalue weighted by atomic mass is 10.0. The van der Waals surface area contributed by atoms with Gasteiger partial charge >= 0.3 is 0 Å². The summed E-state index contributed by atoms with van der Waals surface area (Å²) in [5.41, 5.74) is 5.75. The average molecular weight is 308 g/mol.